The summed E-state index contributed by atoms with van der Waals surface area (Å²) in [6.07, 6.45) is 3.54. The molecule has 0 spiro atoms. The highest BCUT2D eigenvalue weighted by Gasteiger charge is 2.11. The Bertz CT molecular complexity index is 1080. The molecule has 0 atom stereocenters. The van der Waals surface area contributed by atoms with Crippen LogP contribution >= 0.6 is 0 Å². The van der Waals surface area contributed by atoms with Gasteiger partial charge in [-0.3, -0.25) is 0 Å². The molecule has 0 unspecified atom stereocenters. The summed E-state index contributed by atoms with van der Waals surface area (Å²) in [6, 6.07) is 18.8. The van der Waals surface area contributed by atoms with Crippen LogP contribution in [0.2, 0.25) is 0 Å². The van der Waals surface area contributed by atoms with E-state index >= 15 is 0 Å². The summed E-state index contributed by atoms with van der Waals surface area (Å²) in [5.41, 5.74) is 5.31. The maximum atomic E-state index is 5.43. The Morgan fingerprint density at radius 2 is 1.79 bits per heavy atom. The summed E-state index contributed by atoms with van der Waals surface area (Å²) in [5.74, 6) is 0.775. The number of morpholine rings is 1. The normalized spacial score (nSPS) is 14.4. The van der Waals surface area contributed by atoms with Crippen molar-refractivity contribution >= 4 is 28.1 Å². The van der Waals surface area contributed by atoms with Gasteiger partial charge in [-0.1, -0.05) is 12.1 Å². The number of aromatic nitrogens is 3. The summed E-state index contributed by atoms with van der Waals surface area (Å²) in [4.78, 5) is 14.4. The van der Waals surface area contributed by atoms with Gasteiger partial charge in [-0.05, 0) is 36.4 Å². The highest BCUT2D eigenvalue weighted by molar-refractivity contribution is 5.84. The monoisotopic (exact) mass is 371 g/mol. The number of hydrogen-bond donors (Lipinski definition) is 2. The van der Waals surface area contributed by atoms with Crippen molar-refractivity contribution in [3.8, 4) is 11.3 Å². The summed E-state index contributed by atoms with van der Waals surface area (Å²) in [5, 5.41) is 4.54. The number of nitrogens with one attached hydrogen (secondary N) is 2. The summed E-state index contributed by atoms with van der Waals surface area (Å²) in [7, 11) is 0. The molecule has 3 heterocycles. The van der Waals surface area contributed by atoms with Gasteiger partial charge in [0.1, 0.15) is 12.1 Å². The Balaban J connectivity index is 1.36. The van der Waals surface area contributed by atoms with Crippen LogP contribution in [0, 0.1) is 0 Å². The van der Waals surface area contributed by atoms with E-state index in [1.165, 1.54) is 5.69 Å². The molecule has 1 saturated heterocycles. The molecule has 5 rings (SSSR count). The lowest BCUT2D eigenvalue weighted by atomic mass is 10.1. The maximum absolute atomic E-state index is 5.43. The standard InChI is InChI=1S/C22H21N5O/c1-4-19(27-9-11-28-12-10-27)5-2-16(1)21-14-22(25-15-24-21)26-18-3-6-20-17(13-18)7-8-23-20/h1-8,13-15,23H,9-12H2,(H,24,25,26). The second kappa shape index (κ2) is 7.32. The van der Waals surface area contributed by atoms with Crippen molar-refractivity contribution in [3.63, 3.8) is 0 Å². The Hall–Kier alpha value is -3.38. The zero-order valence-electron chi connectivity index (χ0n) is 15.4. The van der Waals surface area contributed by atoms with Crippen molar-refractivity contribution in [2.75, 3.05) is 36.5 Å². The SMILES string of the molecule is c1nc(Nc2ccc3[nH]ccc3c2)cc(-c2ccc(N3CCOCC3)cc2)n1. The van der Waals surface area contributed by atoms with E-state index in [1.807, 2.05) is 18.3 Å². The van der Waals surface area contributed by atoms with Gasteiger partial charge < -0.3 is 19.9 Å². The molecule has 0 aliphatic carbocycles. The molecule has 2 aromatic heterocycles. The molecule has 2 N–H and O–H groups in total. The molecule has 0 radical (unpaired) electrons. The largest absolute Gasteiger partial charge is 0.378 e. The van der Waals surface area contributed by atoms with Crippen LogP contribution in [0.25, 0.3) is 22.2 Å². The number of nitrogens with zero attached hydrogens (tertiary/aromatic N) is 3. The lowest BCUT2D eigenvalue weighted by molar-refractivity contribution is 0.122. The number of rotatable bonds is 4. The van der Waals surface area contributed by atoms with Gasteiger partial charge in [0, 0.05) is 53.2 Å². The first-order valence-electron chi connectivity index (χ1n) is 9.44. The van der Waals surface area contributed by atoms with Gasteiger partial charge in [0.15, 0.2) is 0 Å². The van der Waals surface area contributed by atoms with Crippen LogP contribution in [0.5, 0.6) is 0 Å². The quantitative estimate of drug-likeness (QED) is 0.563. The fourth-order valence-corrected chi connectivity index (χ4v) is 3.53. The third-order valence-electron chi connectivity index (χ3n) is 5.03. The second-order valence-electron chi connectivity index (χ2n) is 6.84. The smallest absolute Gasteiger partial charge is 0.134 e. The molecule has 6 nitrogen and oxygen atoms in total. The molecular weight excluding hydrogens is 350 g/mol. The number of anilines is 3. The highest BCUT2D eigenvalue weighted by atomic mass is 16.5. The third kappa shape index (κ3) is 3.42. The highest BCUT2D eigenvalue weighted by Crippen LogP contribution is 2.25. The Labute approximate surface area is 163 Å². The van der Waals surface area contributed by atoms with Gasteiger partial charge >= 0.3 is 0 Å². The van der Waals surface area contributed by atoms with Crippen molar-refractivity contribution in [2.24, 2.45) is 0 Å². The average Bonchev–Trinajstić information content (AvgIpc) is 3.23. The fourth-order valence-electron chi connectivity index (χ4n) is 3.53. The third-order valence-corrected chi connectivity index (χ3v) is 5.03. The number of aromatic amines is 1. The van der Waals surface area contributed by atoms with Crippen LogP contribution < -0.4 is 10.2 Å². The Kier molecular flexibility index (Phi) is 4.39. The van der Waals surface area contributed by atoms with Crippen molar-refractivity contribution in [3.05, 3.63) is 67.1 Å². The van der Waals surface area contributed by atoms with Crippen LogP contribution in [-0.4, -0.2) is 41.3 Å². The molecule has 1 aliphatic rings. The predicted molar refractivity (Wildman–Crippen MR) is 112 cm³/mol. The molecule has 1 fully saturated rings. The molecule has 28 heavy (non-hydrogen) atoms. The number of hydrogen-bond acceptors (Lipinski definition) is 5. The fraction of sp³-hybridized carbons (Fsp3) is 0.182. The topological polar surface area (TPSA) is 66.1 Å². The van der Waals surface area contributed by atoms with Gasteiger partial charge in [0.2, 0.25) is 0 Å². The first-order valence-corrected chi connectivity index (χ1v) is 9.44. The molecular formula is C22H21N5O. The van der Waals surface area contributed by atoms with E-state index in [0.717, 1.165) is 60.0 Å². The molecule has 0 saturated carbocycles. The molecule has 0 bridgehead atoms. The maximum Gasteiger partial charge on any atom is 0.134 e. The molecule has 6 heteroatoms. The van der Waals surface area contributed by atoms with Gasteiger partial charge in [0.05, 0.1) is 18.9 Å². The second-order valence-corrected chi connectivity index (χ2v) is 6.84. The van der Waals surface area contributed by atoms with Crippen molar-refractivity contribution in [1.29, 1.82) is 0 Å². The van der Waals surface area contributed by atoms with Crippen LogP contribution in [0.15, 0.2) is 67.1 Å². The Morgan fingerprint density at radius 1 is 0.929 bits per heavy atom. The first-order chi connectivity index (χ1) is 13.8. The summed E-state index contributed by atoms with van der Waals surface area (Å²) < 4.78 is 5.43. The summed E-state index contributed by atoms with van der Waals surface area (Å²) in [6.45, 7) is 3.45. The van der Waals surface area contributed by atoms with E-state index in [4.69, 9.17) is 4.74 Å². The van der Waals surface area contributed by atoms with Gasteiger partial charge in [-0.2, -0.15) is 0 Å². The van der Waals surface area contributed by atoms with E-state index in [0.29, 0.717) is 0 Å². The van der Waals surface area contributed by atoms with E-state index in [-0.39, 0.29) is 0 Å². The van der Waals surface area contributed by atoms with Crippen LogP contribution in [0.4, 0.5) is 17.2 Å². The minimum Gasteiger partial charge on any atom is -0.378 e. The minimum atomic E-state index is 0.775. The van der Waals surface area contributed by atoms with Crippen LogP contribution in [0.1, 0.15) is 0 Å². The first kappa shape index (κ1) is 16.8. The van der Waals surface area contributed by atoms with E-state index < -0.39 is 0 Å². The lowest BCUT2D eigenvalue weighted by Gasteiger charge is -2.28. The number of ether oxygens (including phenoxy) is 1. The molecule has 140 valence electrons. The van der Waals surface area contributed by atoms with Gasteiger partial charge in [-0.15, -0.1) is 0 Å². The molecule has 0 amide bonds. The number of H-pyrrole nitrogens is 1. The van der Waals surface area contributed by atoms with E-state index in [1.54, 1.807) is 6.33 Å². The number of fused-ring (bicyclic) bond motifs is 1. The van der Waals surface area contributed by atoms with Crippen molar-refractivity contribution < 1.29 is 4.74 Å². The zero-order valence-corrected chi connectivity index (χ0v) is 15.4. The summed E-state index contributed by atoms with van der Waals surface area (Å²) >= 11 is 0. The van der Waals surface area contributed by atoms with Gasteiger partial charge in [0.25, 0.3) is 0 Å². The van der Waals surface area contributed by atoms with E-state index in [2.05, 4.69) is 67.6 Å². The minimum absolute atomic E-state index is 0.775. The Morgan fingerprint density at radius 3 is 2.64 bits per heavy atom. The zero-order chi connectivity index (χ0) is 18.8. The van der Waals surface area contributed by atoms with E-state index in [9.17, 15) is 0 Å². The lowest BCUT2D eigenvalue weighted by Crippen LogP contribution is -2.36. The van der Waals surface area contributed by atoms with Crippen LogP contribution in [0.3, 0.4) is 0 Å². The van der Waals surface area contributed by atoms with Crippen molar-refractivity contribution in [1.82, 2.24) is 15.0 Å². The van der Waals surface area contributed by atoms with Gasteiger partial charge in [-0.25, -0.2) is 9.97 Å². The van der Waals surface area contributed by atoms with Crippen LogP contribution in [-0.2, 0) is 4.74 Å². The molecule has 4 aromatic rings. The number of benzene rings is 2. The molecule has 2 aromatic carbocycles. The average molecular weight is 371 g/mol. The molecule has 1 aliphatic heterocycles. The van der Waals surface area contributed by atoms with Crippen molar-refractivity contribution in [2.45, 2.75) is 0 Å². The predicted octanol–water partition coefficient (Wildman–Crippen LogP) is 4.21.